The van der Waals surface area contributed by atoms with Gasteiger partial charge in [-0.05, 0) is 51.4 Å². The second kappa shape index (κ2) is 9.86. The average molecular weight is 308 g/mol. The fourth-order valence-electron chi connectivity index (χ4n) is 2.47. The van der Waals surface area contributed by atoms with Gasteiger partial charge in [0.15, 0.2) is 0 Å². The lowest BCUT2D eigenvalue weighted by molar-refractivity contribution is -0.130. The monoisotopic (exact) mass is 307 g/mol. The van der Waals surface area contributed by atoms with E-state index in [1.54, 1.807) is 6.92 Å². The van der Waals surface area contributed by atoms with Gasteiger partial charge in [-0.2, -0.15) is 0 Å². The highest BCUT2D eigenvalue weighted by Gasteiger charge is 2.22. The number of amides is 1. The van der Waals surface area contributed by atoms with Crippen molar-refractivity contribution in [1.29, 1.82) is 0 Å². The van der Waals surface area contributed by atoms with E-state index in [-0.39, 0.29) is 11.3 Å². The Morgan fingerprint density at radius 2 is 1.68 bits per heavy atom. The molecule has 0 heterocycles. The van der Waals surface area contributed by atoms with Crippen LogP contribution in [0.2, 0.25) is 0 Å². The number of hydrogen-bond donors (Lipinski definition) is 0. The summed E-state index contributed by atoms with van der Waals surface area (Å²) >= 11 is 0. The molecule has 2 nitrogen and oxygen atoms in total. The highest BCUT2D eigenvalue weighted by molar-refractivity contribution is 5.73. The summed E-state index contributed by atoms with van der Waals surface area (Å²) in [5.41, 5.74) is 2.96. The Morgan fingerprint density at radius 3 is 2.14 bits per heavy atom. The van der Waals surface area contributed by atoms with Gasteiger partial charge >= 0.3 is 0 Å². The summed E-state index contributed by atoms with van der Waals surface area (Å²) in [7, 11) is 0. The van der Waals surface area contributed by atoms with E-state index in [2.05, 4.69) is 60.6 Å². The van der Waals surface area contributed by atoms with Gasteiger partial charge in [0, 0.05) is 20.0 Å². The first kappa shape index (κ1) is 20.9. The summed E-state index contributed by atoms with van der Waals surface area (Å²) in [6.07, 6.45) is 7.92. The highest BCUT2D eigenvalue weighted by Crippen LogP contribution is 2.24. The molecular weight excluding hydrogens is 270 g/mol. The largest absolute Gasteiger partial charge is 0.342 e. The first-order valence-electron chi connectivity index (χ1n) is 8.58. The highest BCUT2D eigenvalue weighted by atomic mass is 16.2. The van der Waals surface area contributed by atoms with Crippen molar-refractivity contribution >= 4 is 5.91 Å². The predicted octanol–water partition coefficient (Wildman–Crippen LogP) is 5.60. The molecule has 0 spiro atoms. The molecule has 0 aromatic heterocycles. The van der Waals surface area contributed by atoms with Crippen molar-refractivity contribution in [2.45, 2.75) is 74.7 Å². The van der Waals surface area contributed by atoms with Crippen molar-refractivity contribution in [1.82, 2.24) is 4.90 Å². The van der Waals surface area contributed by atoms with Gasteiger partial charge < -0.3 is 4.90 Å². The van der Waals surface area contributed by atoms with Crippen molar-refractivity contribution < 1.29 is 4.79 Å². The predicted molar refractivity (Wildman–Crippen MR) is 97.9 cm³/mol. The van der Waals surface area contributed by atoms with Crippen molar-refractivity contribution in [2.24, 2.45) is 11.3 Å². The van der Waals surface area contributed by atoms with E-state index in [0.29, 0.717) is 5.92 Å². The molecule has 22 heavy (non-hydrogen) atoms. The van der Waals surface area contributed by atoms with Gasteiger partial charge in [-0.3, -0.25) is 4.79 Å². The van der Waals surface area contributed by atoms with E-state index in [4.69, 9.17) is 0 Å². The Balaban J connectivity index is 4.53. The van der Waals surface area contributed by atoms with Crippen LogP contribution in [-0.2, 0) is 4.79 Å². The standard InChI is InChI=1S/C20H37NO/c1-16(2)10-9-11-18(5)12-13-20(7,8)15-21(19(6)22)14-17(3)4/h10,12,17H,9,11,13-15H2,1-8H3/b18-12+. The zero-order chi connectivity index (χ0) is 17.3. The minimum Gasteiger partial charge on any atom is -0.342 e. The van der Waals surface area contributed by atoms with Crippen LogP contribution < -0.4 is 0 Å². The van der Waals surface area contributed by atoms with Crippen molar-refractivity contribution in [3.63, 3.8) is 0 Å². The van der Waals surface area contributed by atoms with Crippen LogP contribution >= 0.6 is 0 Å². The lowest BCUT2D eigenvalue weighted by Crippen LogP contribution is -2.39. The molecule has 0 radical (unpaired) electrons. The van der Waals surface area contributed by atoms with Gasteiger partial charge in [-0.25, -0.2) is 0 Å². The number of allylic oxidation sites excluding steroid dienone is 4. The molecule has 0 atom stereocenters. The Labute approximate surface area is 138 Å². The molecule has 1 amide bonds. The van der Waals surface area contributed by atoms with Crippen molar-refractivity contribution in [3.8, 4) is 0 Å². The van der Waals surface area contributed by atoms with Crippen LogP contribution in [0.4, 0.5) is 0 Å². The molecule has 0 saturated heterocycles. The minimum absolute atomic E-state index is 0.123. The third-order valence-corrected chi connectivity index (χ3v) is 3.74. The van der Waals surface area contributed by atoms with Gasteiger partial charge in [0.2, 0.25) is 5.91 Å². The Hall–Kier alpha value is -1.05. The molecule has 0 saturated carbocycles. The molecule has 0 rings (SSSR count). The number of carbonyl (C=O) groups excluding carboxylic acids is 1. The maximum absolute atomic E-state index is 11.8. The topological polar surface area (TPSA) is 20.3 Å². The minimum atomic E-state index is 0.123. The Kier molecular flexibility index (Phi) is 9.39. The zero-order valence-corrected chi connectivity index (χ0v) is 16.1. The molecule has 0 aromatic rings. The molecule has 0 unspecified atom stereocenters. The quantitative estimate of drug-likeness (QED) is 0.508. The van der Waals surface area contributed by atoms with E-state index < -0.39 is 0 Å². The fourth-order valence-corrected chi connectivity index (χ4v) is 2.47. The van der Waals surface area contributed by atoms with Crippen molar-refractivity contribution in [2.75, 3.05) is 13.1 Å². The van der Waals surface area contributed by atoms with E-state index in [9.17, 15) is 4.79 Å². The summed E-state index contributed by atoms with van der Waals surface area (Å²) in [4.78, 5) is 13.8. The molecule has 0 aromatic carbocycles. The molecular formula is C20H37NO. The van der Waals surface area contributed by atoms with Crippen LogP contribution in [0.1, 0.15) is 74.7 Å². The van der Waals surface area contributed by atoms with Gasteiger partial charge in [0.1, 0.15) is 0 Å². The molecule has 0 aliphatic rings. The number of nitrogens with zero attached hydrogens (tertiary/aromatic N) is 1. The van der Waals surface area contributed by atoms with Crippen LogP contribution in [-0.4, -0.2) is 23.9 Å². The Bertz CT molecular complexity index is 398. The zero-order valence-electron chi connectivity index (χ0n) is 16.1. The third-order valence-electron chi connectivity index (χ3n) is 3.74. The molecule has 0 N–H and O–H groups in total. The summed E-state index contributed by atoms with van der Waals surface area (Å²) in [6, 6.07) is 0. The summed E-state index contributed by atoms with van der Waals surface area (Å²) < 4.78 is 0. The second-order valence-corrected chi connectivity index (χ2v) is 8.03. The smallest absolute Gasteiger partial charge is 0.219 e. The Morgan fingerprint density at radius 1 is 1.09 bits per heavy atom. The third kappa shape index (κ3) is 10.6. The van der Waals surface area contributed by atoms with Gasteiger partial charge in [0.05, 0.1) is 0 Å². The first-order chi connectivity index (χ1) is 10.0. The molecule has 0 aliphatic heterocycles. The molecule has 0 fully saturated rings. The second-order valence-electron chi connectivity index (χ2n) is 8.03. The van der Waals surface area contributed by atoms with Crippen LogP contribution in [0.15, 0.2) is 23.3 Å². The van der Waals surface area contributed by atoms with Crippen LogP contribution in [0.5, 0.6) is 0 Å². The van der Waals surface area contributed by atoms with Gasteiger partial charge in [-0.1, -0.05) is 51.0 Å². The van der Waals surface area contributed by atoms with E-state index >= 15 is 0 Å². The lowest BCUT2D eigenvalue weighted by atomic mass is 9.87. The maximum Gasteiger partial charge on any atom is 0.219 e. The molecule has 128 valence electrons. The fraction of sp³-hybridized carbons (Fsp3) is 0.750. The van der Waals surface area contributed by atoms with E-state index in [1.165, 1.54) is 11.1 Å². The lowest BCUT2D eigenvalue weighted by Gasteiger charge is -2.32. The van der Waals surface area contributed by atoms with Crippen molar-refractivity contribution in [3.05, 3.63) is 23.3 Å². The molecule has 0 bridgehead atoms. The molecule has 2 heteroatoms. The van der Waals surface area contributed by atoms with E-state index in [0.717, 1.165) is 32.4 Å². The summed E-state index contributed by atoms with van der Waals surface area (Å²) in [5.74, 6) is 0.701. The normalized spacial score (nSPS) is 12.5. The van der Waals surface area contributed by atoms with Crippen LogP contribution in [0.25, 0.3) is 0 Å². The van der Waals surface area contributed by atoms with Gasteiger partial charge in [0.25, 0.3) is 0 Å². The average Bonchev–Trinajstić information content (AvgIpc) is 2.34. The van der Waals surface area contributed by atoms with Crippen LogP contribution in [0, 0.1) is 11.3 Å². The SMILES string of the molecule is CC(=O)N(CC(C)C)CC(C)(C)C/C=C(\C)CCC=C(C)C. The van der Waals surface area contributed by atoms with Crippen LogP contribution in [0.3, 0.4) is 0 Å². The summed E-state index contributed by atoms with van der Waals surface area (Å²) in [6.45, 7) is 18.7. The molecule has 0 aliphatic carbocycles. The first-order valence-corrected chi connectivity index (χ1v) is 8.58. The number of hydrogen-bond acceptors (Lipinski definition) is 1. The van der Waals surface area contributed by atoms with E-state index in [1.807, 2.05) is 4.90 Å². The number of carbonyl (C=O) groups is 1. The van der Waals surface area contributed by atoms with Gasteiger partial charge in [-0.15, -0.1) is 0 Å². The maximum atomic E-state index is 11.8. The number of rotatable bonds is 9. The summed E-state index contributed by atoms with van der Waals surface area (Å²) in [5, 5.41) is 0.